The van der Waals surface area contributed by atoms with Crippen LogP contribution in [0.1, 0.15) is 22.3 Å². The smallest absolute Gasteiger partial charge is 0.161 e. The molecule has 4 heteroatoms. The lowest BCUT2D eigenvalue weighted by atomic mass is 10.1. The highest BCUT2D eigenvalue weighted by Gasteiger charge is 2.25. The summed E-state index contributed by atoms with van der Waals surface area (Å²) in [4.78, 5) is 0. The van der Waals surface area contributed by atoms with E-state index >= 15 is 0 Å². The molecule has 0 unspecified atom stereocenters. The molecule has 0 amide bonds. The van der Waals surface area contributed by atoms with Gasteiger partial charge < -0.3 is 18.1 Å². The van der Waals surface area contributed by atoms with E-state index in [1.54, 1.807) is 0 Å². The normalized spacial score (nSPS) is 12.3. The first-order valence-electron chi connectivity index (χ1n) is 14.9. The fraction of sp³-hybridized carbons (Fsp3) is 0.128. The van der Waals surface area contributed by atoms with Crippen LogP contribution in [0.15, 0.2) is 101 Å². The zero-order valence-corrected chi connectivity index (χ0v) is 25.0. The minimum atomic E-state index is 0.912. The Hall–Kier alpha value is -5.22. The van der Waals surface area contributed by atoms with Crippen LogP contribution in [0.2, 0.25) is 0 Å². The van der Waals surface area contributed by atoms with Crippen LogP contribution < -0.4 is 0 Å². The van der Waals surface area contributed by atoms with Crippen molar-refractivity contribution in [3.63, 3.8) is 0 Å². The van der Waals surface area contributed by atoms with Crippen molar-refractivity contribution in [2.75, 3.05) is 0 Å². The number of aromatic nitrogens is 3. The molecule has 0 spiro atoms. The quantitative estimate of drug-likeness (QED) is 0.208. The third-order valence-electron chi connectivity index (χ3n) is 9.28. The monoisotopic (exact) mass is 557 g/mol. The van der Waals surface area contributed by atoms with E-state index in [2.05, 4.69) is 146 Å². The third-order valence-corrected chi connectivity index (χ3v) is 9.28. The van der Waals surface area contributed by atoms with Gasteiger partial charge in [0.05, 0.1) is 33.1 Å². The van der Waals surface area contributed by atoms with E-state index < -0.39 is 0 Å². The predicted octanol–water partition coefficient (Wildman–Crippen LogP) is 10.4. The van der Waals surface area contributed by atoms with E-state index in [0.717, 1.165) is 38.8 Å². The molecule has 0 saturated heterocycles. The van der Waals surface area contributed by atoms with Gasteiger partial charge in [-0.1, -0.05) is 53.6 Å². The second-order valence-electron chi connectivity index (χ2n) is 12.3. The van der Waals surface area contributed by atoms with E-state index in [1.165, 1.54) is 60.6 Å². The molecular weight excluding hydrogens is 526 g/mol. The van der Waals surface area contributed by atoms with E-state index in [-0.39, 0.29) is 0 Å². The number of nitrogens with zero attached hydrogens (tertiary/aromatic N) is 3. The topological polar surface area (TPSA) is 27.9 Å². The lowest BCUT2D eigenvalue weighted by Gasteiger charge is -2.10. The van der Waals surface area contributed by atoms with Crippen molar-refractivity contribution in [3.8, 4) is 11.4 Å². The van der Waals surface area contributed by atoms with Gasteiger partial charge in [0.25, 0.3) is 0 Å². The van der Waals surface area contributed by atoms with Gasteiger partial charge in [0.1, 0.15) is 5.58 Å². The molecule has 208 valence electrons. The molecule has 5 aromatic carbocycles. The van der Waals surface area contributed by atoms with Gasteiger partial charge >= 0.3 is 0 Å². The molecule has 0 aliphatic rings. The molecule has 4 heterocycles. The summed E-state index contributed by atoms with van der Waals surface area (Å²) >= 11 is 0. The van der Waals surface area contributed by atoms with Crippen LogP contribution in [-0.4, -0.2) is 13.7 Å². The Morgan fingerprint density at radius 2 is 0.953 bits per heavy atom. The van der Waals surface area contributed by atoms with E-state index in [0.29, 0.717) is 0 Å². The number of fused-ring (bicyclic) bond motifs is 10. The third kappa shape index (κ3) is 3.26. The van der Waals surface area contributed by atoms with Crippen LogP contribution in [0, 0.1) is 27.7 Å². The largest absolute Gasteiger partial charge is 0.454 e. The van der Waals surface area contributed by atoms with Gasteiger partial charge in [-0.15, -0.1) is 0 Å². The lowest BCUT2D eigenvalue weighted by molar-refractivity contribution is 0.673. The van der Waals surface area contributed by atoms with E-state index in [4.69, 9.17) is 4.42 Å². The molecule has 0 fully saturated rings. The standard InChI is InChI=1S/C39H31N3O/c1-22-6-12-26(13-7-22)41-33-19-25(4)10-16-28(33)36-37(41)30-21-35-31(20-34(30)42(36)27-14-8-23(2)9-15-27)38-39(43-35)29-17-11-24(3)18-32(29)40(38)5/h6-21H,1-5H3. The summed E-state index contributed by atoms with van der Waals surface area (Å²) in [6.45, 7) is 8.61. The van der Waals surface area contributed by atoms with Gasteiger partial charge in [-0.2, -0.15) is 0 Å². The molecule has 0 saturated carbocycles. The molecule has 0 aliphatic heterocycles. The average Bonchev–Trinajstić information content (AvgIpc) is 3.69. The first-order chi connectivity index (χ1) is 20.9. The zero-order valence-electron chi connectivity index (χ0n) is 25.0. The molecule has 4 aromatic heterocycles. The summed E-state index contributed by atoms with van der Waals surface area (Å²) in [6.07, 6.45) is 0. The van der Waals surface area contributed by atoms with Crippen molar-refractivity contribution in [1.29, 1.82) is 0 Å². The number of aryl methyl sites for hydroxylation is 5. The summed E-state index contributed by atoms with van der Waals surface area (Å²) in [6, 6.07) is 35.8. The first kappa shape index (κ1) is 24.4. The van der Waals surface area contributed by atoms with Crippen molar-refractivity contribution in [3.05, 3.63) is 119 Å². The molecule has 0 N–H and O–H groups in total. The van der Waals surface area contributed by atoms with Gasteiger partial charge in [0, 0.05) is 40.0 Å². The lowest BCUT2D eigenvalue weighted by Crippen LogP contribution is -1.95. The average molecular weight is 558 g/mol. The van der Waals surface area contributed by atoms with Gasteiger partial charge in [-0.05, 0) is 93.4 Å². The molecule has 0 bridgehead atoms. The van der Waals surface area contributed by atoms with Crippen molar-refractivity contribution in [2.24, 2.45) is 7.05 Å². The SMILES string of the molecule is Cc1ccc(-n2c3cc(C)ccc3c3c2c2cc4oc5c6ccc(C)cc6n(C)c5c4cc2n3-c2ccc(C)cc2)cc1. The summed E-state index contributed by atoms with van der Waals surface area (Å²) in [5, 5.41) is 4.70. The van der Waals surface area contributed by atoms with Crippen molar-refractivity contribution in [2.45, 2.75) is 27.7 Å². The van der Waals surface area contributed by atoms with Gasteiger partial charge in [0.2, 0.25) is 0 Å². The number of rotatable bonds is 2. The highest BCUT2D eigenvalue weighted by atomic mass is 16.3. The molecule has 43 heavy (non-hydrogen) atoms. The summed E-state index contributed by atoms with van der Waals surface area (Å²) in [7, 11) is 2.15. The minimum absolute atomic E-state index is 0.912. The Balaban J connectivity index is 1.52. The number of hydrogen-bond acceptors (Lipinski definition) is 1. The molecule has 9 rings (SSSR count). The molecule has 4 nitrogen and oxygen atoms in total. The maximum Gasteiger partial charge on any atom is 0.161 e. The number of furan rings is 1. The van der Waals surface area contributed by atoms with Crippen LogP contribution in [0.25, 0.3) is 77.2 Å². The highest BCUT2D eigenvalue weighted by Crippen LogP contribution is 2.44. The molecule has 0 aliphatic carbocycles. The van der Waals surface area contributed by atoms with Crippen LogP contribution in [0.5, 0.6) is 0 Å². The molecule has 0 atom stereocenters. The maximum atomic E-state index is 6.73. The first-order valence-corrected chi connectivity index (χ1v) is 14.9. The van der Waals surface area contributed by atoms with Crippen molar-refractivity contribution in [1.82, 2.24) is 13.7 Å². The summed E-state index contributed by atoms with van der Waals surface area (Å²) < 4.78 is 13.9. The fourth-order valence-corrected chi connectivity index (χ4v) is 7.14. The van der Waals surface area contributed by atoms with Crippen molar-refractivity contribution >= 4 is 65.8 Å². The molecule has 9 aromatic rings. The zero-order chi connectivity index (χ0) is 29.1. The van der Waals surface area contributed by atoms with Gasteiger partial charge in [0.15, 0.2) is 5.58 Å². The van der Waals surface area contributed by atoms with Gasteiger partial charge in [-0.3, -0.25) is 0 Å². The maximum absolute atomic E-state index is 6.73. The fourth-order valence-electron chi connectivity index (χ4n) is 7.14. The molecule has 0 radical (unpaired) electrons. The Labute approximate surface area is 249 Å². The minimum Gasteiger partial charge on any atom is -0.454 e. The predicted molar refractivity (Wildman–Crippen MR) is 180 cm³/mol. The van der Waals surface area contributed by atoms with Crippen LogP contribution in [0.3, 0.4) is 0 Å². The van der Waals surface area contributed by atoms with Gasteiger partial charge in [-0.25, -0.2) is 0 Å². The Kier molecular flexibility index (Phi) is 4.78. The van der Waals surface area contributed by atoms with E-state index in [9.17, 15) is 0 Å². The van der Waals surface area contributed by atoms with Crippen LogP contribution in [0.4, 0.5) is 0 Å². The number of benzene rings is 5. The number of hydrogen-bond donors (Lipinski definition) is 0. The van der Waals surface area contributed by atoms with Crippen LogP contribution in [-0.2, 0) is 7.05 Å². The second-order valence-corrected chi connectivity index (χ2v) is 12.3. The second kappa shape index (κ2) is 8.42. The summed E-state index contributed by atoms with van der Waals surface area (Å²) in [5.41, 5.74) is 16.3. The Morgan fingerprint density at radius 1 is 0.442 bits per heavy atom. The summed E-state index contributed by atoms with van der Waals surface area (Å²) in [5.74, 6) is 0. The Bertz CT molecular complexity index is 2580. The van der Waals surface area contributed by atoms with Crippen molar-refractivity contribution < 1.29 is 4.42 Å². The Morgan fingerprint density at radius 3 is 1.58 bits per heavy atom. The molecular formula is C39H31N3O. The van der Waals surface area contributed by atoms with E-state index in [1.807, 2.05) is 0 Å². The van der Waals surface area contributed by atoms with Crippen LogP contribution >= 0.6 is 0 Å². The highest BCUT2D eigenvalue weighted by molar-refractivity contribution is 6.24.